The molecule has 0 saturated heterocycles. The molecule has 0 amide bonds. The van der Waals surface area contributed by atoms with Gasteiger partial charge >= 0.3 is 11.9 Å². The Morgan fingerprint density at radius 1 is 0.622 bits per heavy atom. The van der Waals surface area contributed by atoms with E-state index in [2.05, 4.69) is 32.0 Å². The van der Waals surface area contributed by atoms with Crippen LogP contribution in [-0.4, -0.2) is 22.2 Å². The SMILES string of the molecule is CCCCc1c(-c2ccccc2)cc(CCC)c(-c2ccccc2C(=O)O)c1-c1ccccc1C(=O)O. The Hall–Kier alpha value is -4.18. The predicted octanol–water partition coefficient (Wildman–Crippen LogP) is 8.38. The van der Waals surface area contributed by atoms with Gasteiger partial charge in [0, 0.05) is 0 Å². The van der Waals surface area contributed by atoms with Gasteiger partial charge in [-0.15, -0.1) is 0 Å². The molecule has 188 valence electrons. The number of unbranched alkanes of at least 4 members (excludes halogenated alkanes) is 1. The summed E-state index contributed by atoms with van der Waals surface area (Å²) in [6.45, 7) is 4.24. The quantitative estimate of drug-likeness (QED) is 0.233. The van der Waals surface area contributed by atoms with Gasteiger partial charge in [0.1, 0.15) is 0 Å². The Balaban J connectivity index is 2.25. The van der Waals surface area contributed by atoms with E-state index in [1.807, 2.05) is 42.5 Å². The highest BCUT2D eigenvalue weighted by Gasteiger charge is 2.26. The van der Waals surface area contributed by atoms with Crippen molar-refractivity contribution < 1.29 is 19.8 Å². The molecular weight excluding hydrogens is 460 g/mol. The zero-order valence-corrected chi connectivity index (χ0v) is 21.3. The molecule has 4 heteroatoms. The fourth-order valence-electron chi connectivity index (χ4n) is 5.11. The minimum absolute atomic E-state index is 0.210. The van der Waals surface area contributed by atoms with Crippen LogP contribution >= 0.6 is 0 Å². The number of benzene rings is 4. The fourth-order valence-corrected chi connectivity index (χ4v) is 5.11. The molecule has 0 aromatic heterocycles. The standard InChI is InChI=1S/C33H32O4/c1-3-5-16-26-29(22-14-7-6-8-15-22)21-23(13-4-2)30(24-17-9-11-19-27(24)32(34)35)31(26)25-18-10-12-20-28(25)33(36)37/h6-12,14-15,17-21H,3-5,13,16H2,1-2H3,(H,34,35)(H,36,37). The molecule has 4 aromatic rings. The molecular formula is C33H32O4. The van der Waals surface area contributed by atoms with Gasteiger partial charge in [0.2, 0.25) is 0 Å². The van der Waals surface area contributed by atoms with Gasteiger partial charge in [0.15, 0.2) is 0 Å². The van der Waals surface area contributed by atoms with Gasteiger partial charge in [0.25, 0.3) is 0 Å². The van der Waals surface area contributed by atoms with Crippen molar-refractivity contribution in [2.75, 3.05) is 0 Å². The van der Waals surface area contributed by atoms with Crippen molar-refractivity contribution in [2.24, 2.45) is 0 Å². The highest BCUT2D eigenvalue weighted by molar-refractivity contribution is 6.05. The minimum atomic E-state index is -1.00. The summed E-state index contributed by atoms with van der Waals surface area (Å²) >= 11 is 0. The van der Waals surface area contributed by atoms with Crippen LogP contribution < -0.4 is 0 Å². The van der Waals surface area contributed by atoms with Gasteiger partial charge < -0.3 is 10.2 Å². The van der Waals surface area contributed by atoms with Crippen LogP contribution in [0.25, 0.3) is 33.4 Å². The first-order chi connectivity index (χ1) is 18.0. The predicted molar refractivity (Wildman–Crippen MR) is 149 cm³/mol. The molecule has 0 fully saturated rings. The highest BCUT2D eigenvalue weighted by Crippen LogP contribution is 2.45. The molecule has 0 aliphatic heterocycles. The van der Waals surface area contributed by atoms with Crippen molar-refractivity contribution >= 4 is 11.9 Å². The minimum Gasteiger partial charge on any atom is -0.478 e. The monoisotopic (exact) mass is 492 g/mol. The Bertz CT molecular complexity index is 1420. The first-order valence-corrected chi connectivity index (χ1v) is 12.9. The molecule has 2 N–H and O–H groups in total. The molecule has 0 atom stereocenters. The van der Waals surface area contributed by atoms with Crippen molar-refractivity contribution in [3.8, 4) is 33.4 Å². The average Bonchev–Trinajstić information content (AvgIpc) is 2.92. The molecule has 0 unspecified atom stereocenters. The number of carboxylic acids is 2. The molecule has 4 rings (SSSR count). The summed E-state index contributed by atoms with van der Waals surface area (Å²) in [6.07, 6.45) is 4.25. The van der Waals surface area contributed by atoms with E-state index >= 15 is 0 Å². The second-order valence-corrected chi connectivity index (χ2v) is 9.23. The average molecular weight is 493 g/mol. The van der Waals surface area contributed by atoms with Crippen LogP contribution in [0.1, 0.15) is 65.0 Å². The van der Waals surface area contributed by atoms with Crippen molar-refractivity contribution in [3.63, 3.8) is 0 Å². The number of aromatic carboxylic acids is 2. The van der Waals surface area contributed by atoms with Gasteiger partial charge in [-0.1, -0.05) is 99.5 Å². The van der Waals surface area contributed by atoms with Gasteiger partial charge in [0.05, 0.1) is 11.1 Å². The zero-order chi connectivity index (χ0) is 26.4. The van der Waals surface area contributed by atoms with E-state index in [1.54, 1.807) is 24.3 Å². The molecule has 0 spiro atoms. The van der Waals surface area contributed by atoms with Crippen LogP contribution in [-0.2, 0) is 12.8 Å². The van der Waals surface area contributed by atoms with Crippen LogP contribution in [0, 0.1) is 0 Å². The van der Waals surface area contributed by atoms with E-state index in [0.29, 0.717) is 11.1 Å². The number of hydrogen-bond acceptors (Lipinski definition) is 2. The number of carbonyl (C=O) groups is 2. The maximum absolute atomic E-state index is 12.4. The lowest BCUT2D eigenvalue weighted by molar-refractivity contribution is 0.0686. The Kier molecular flexibility index (Phi) is 8.19. The molecule has 0 heterocycles. The summed E-state index contributed by atoms with van der Waals surface area (Å²) in [6, 6.07) is 26.5. The molecule has 4 nitrogen and oxygen atoms in total. The van der Waals surface area contributed by atoms with E-state index < -0.39 is 11.9 Å². The third-order valence-corrected chi connectivity index (χ3v) is 6.75. The summed E-state index contributed by atoms with van der Waals surface area (Å²) in [5.41, 5.74) is 7.51. The first-order valence-electron chi connectivity index (χ1n) is 12.9. The van der Waals surface area contributed by atoms with E-state index in [4.69, 9.17) is 0 Å². The number of aryl methyl sites for hydroxylation is 1. The molecule has 4 aromatic carbocycles. The second kappa shape index (κ2) is 11.7. The molecule has 0 bridgehead atoms. The van der Waals surface area contributed by atoms with E-state index in [-0.39, 0.29) is 11.1 Å². The van der Waals surface area contributed by atoms with Crippen molar-refractivity contribution in [2.45, 2.75) is 46.0 Å². The van der Waals surface area contributed by atoms with Crippen molar-refractivity contribution in [1.82, 2.24) is 0 Å². The van der Waals surface area contributed by atoms with E-state index in [0.717, 1.165) is 65.5 Å². The summed E-state index contributed by atoms with van der Waals surface area (Å²) in [7, 11) is 0. The fraction of sp³-hybridized carbons (Fsp3) is 0.212. The lowest BCUT2D eigenvalue weighted by Gasteiger charge is -2.25. The third-order valence-electron chi connectivity index (χ3n) is 6.75. The molecule has 0 radical (unpaired) electrons. The van der Waals surface area contributed by atoms with E-state index in [1.165, 1.54) is 0 Å². The maximum atomic E-state index is 12.4. The summed E-state index contributed by atoms with van der Waals surface area (Å²) in [5, 5.41) is 20.3. The van der Waals surface area contributed by atoms with Crippen molar-refractivity contribution in [3.05, 3.63) is 107 Å². The van der Waals surface area contributed by atoms with Crippen LogP contribution in [0.5, 0.6) is 0 Å². The number of carboxylic acid groups (broad SMARTS) is 2. The summed E-state index contributed by atoms with van der Waals surface area (Å²) < 4.78 is 0. The number of rotatable bonds is 10. The smallest absolute Gasteiger partial charge is 0.336 e. The summed E-state index contributed by atoms with van der Waals surface area (Å²) in [5.74, 6) is -2.01. The van der Waals surface area contributed by atoms with E-state index in [9.17, 15) is 19.8 Å². The topological polar surface area (TPSA) is 74.6 Å². The molecule has 0 aliphatic rings. The van der Waals surface area contributed by atoms with Crippen LogP contribution in [0.3, 0.4) is 0 Å². The Morgan fingerprint density at radius 3 is 1.70 bits per heavy atom. The van der Waals surface area contributed by atoms with Crippen LogP contribution in [0.15, 0.2) is 84.9 Å². The van der Waals surface area contributed by atoms with Gasteiger partial charge in [-0.2, -0.15) is 0 Å². The van der Waals surface area contributed by atoms with Gasteiger partial charge in [-0.25, -0.2) is 9.59 Å². The maximum Gasteiger partial charge on any atom is 0.336 e. The third kappa shape index (κ3) is 5.34. The zero-order valence-electron chi connectivity index (χ0n) is 21.3. The Labute approximate surface area is 218 Å². The van der Waals surface area contributed by atoms with Gasteiger partial charge in [-0.3, -0.25) is 0 Å². The lowest BCUT2D eigenvalue weighted by Crippen LogP contribution is -2.08. The summed E-state index contributed by atoms with van der Waals surface area (Å²) in [4.78, 5) is 24.8. The first kappa shape index (κ1) is 25.9. The van der Waals surface area contributed by atoms with Crippen LogP contribution in [0.4, 0.5) is 0 Å². The Morgan fingerprint density at radius 2 is 1.16 bits per heavy atom. The lowest BCUT2D eigenvalue weighted by atomic mass is 9.78. The number of hydrogen-bond donors (Lipinski definition) is 2. The van der Waals surface area contributed by atoms with Gasteiger partial charge in [-0.05, 0) is 75.9 Å². The molecule has 37 heavy (non-hydrogen) atoms. The molecule has 0 saturated carbocycles. The van der Waals surface area contributed by atoms with Crippen LogP contribution in [0.2, 0.25) is 0 Å². The molecule has 0 aliphatic carbocycles. The highest BCUT2D eigenvalue weighted by atomic mass is 16.4. The second-order valence-electron chi connectivity index (χ2n) is 9.23. The largest absolute Gasteiger partial charge is 0.478 e. The normalized spacial score (nSPS) is 10.9. The van der Waals surface area contributed by atoms with Crippen molar-refractivity contribution in [1.29, 1.82) is 0 Å².